The average molecular weight is 271 g/mol. The van der Waals surface area contributed by atoms with E-state index >= 15 is 0 Å². The van der Waals surface area contributed by atoms with Crippen LogP contribution in [0.25, 0.3) is 0 Å². The number of rotatable bonds is 5. The Morgan fingerprint density at radius 3 is 2.61 bits per heavy atom. The molecule has 5 heteroatoms. The highest BCUT2D eigenvalue weighted by atomic mass is 32.2. The highest BCUT2D eigenvalue weighted by molar-refractivity contribution is 7.99. The van der Waals surface area contributed by atoms with E-state index in [4.69, 9.17) is 0 Å². The van der Waals surface area contributed by atoms with Crippen molar-refractivity contribution in [2.45, 2.75) is 17.7 Å². The Morgan fingerprint density at radius 1 is 1.33 bits per heavy atom. The molecule has 0 N–H and O–H groups in total. The second-order valence-electron chi connectivity index (χ2n) is 4.30. The summed E-state index contributed by atoms with van der Waals surface area (Å²) in [4.78, 5) is 14.3. The quantitative estimate of drug-likeness (QED) is 0.767. The van der Waals surface area contributed by atoms with E-state index in [9.17, 15) is 13.6 Å². The summed E-state index contributed by atoms with van der Waals surface area (Å²) in [5.41, 5.74) is 0. The molecular weight excluding hydrogens is 256 g/mol. The number of carbonyl (C=O) groups is 1. The van der Waals surface area contributed by atoms with Crippen molar-refractivity contribution >= 4 is 17.7 Å². The molecule has 1 aromatic carbocycles. The number of hydrogen-bond donors (Lipinski definition) is 0. The predicted molar refractivity (Wildman–Crippen MR) is 67.9 cm³/mol. The van der Waals surface area contributed by atoms with E-state index in [0.29, 0.717) is 12.2 Å². The van der Waals surface area contributed by atoms with Crippen LogP contribution in [0.4, 0.5) is 8.78 Å². The second-order valence-corrected chi connectivity index (χ2v) is 5.47. The fourth-order valence-corrected chi connectivity index (χ4v) is 2.67. The van der Waals surface area contributed by atoms with Crippen LogP contribution in [-0.2, 0) is 4.79 Å². The highest BCUT2D eigenvalue weighted by Gasteiger charge is 2.36. The van der Waals surface area contributed by atoms with Gasteiger partial charge in [-0.3, -0.25) is 4.79 Å². The van der Waals surface area contributed by atoms with Gasteiger partial charge in [0.25, 0.3) is 0 Å². The monoisotopic (exact) mass is 271 g/mol. The smallest absolute Gasteiger partial charge is 0.244 e. The van der Waals surface area contributed by atoms with Crippen molar-refractivity contribution in [3.63, 3.8) is 0 Å². The third kappa shape index (κ3) is 3.45. The van der Waals surface area contributed by atoms with E-state index in [1.165, 1.54) is 4.90 Å². The highest BCUT2D eigenvalue weighted by Crippen LogP contribution is 2.24. The average Bonchev–Trinajstić information content (AvgIpc) is 2.28. The van der Waals surface area contributed by atoms with Crippen LogP contribution in [-0.4, -0.2) is 36.1 Å². The summed E-state index contributed by atoms with van der Waals surface area (Å²) in [6, 6.07) is 9.83. The zero-order valence-electron chi connectivity index (χ0n) is 9.89. The Bertz CT molecular complexity index is 393. The normalized spacial score (nSPS) is 15.8. The molecule has 0 bridgehead atoms. The van der Waals surface area contributed by atoms with Crippen LogP contribution < -0.4 is 0 Å². The molecule has 1 fully saturated rings. The first-order chi connectivity index (χ1) is 8.66. The third-order valence-electron chi connectivity index (χ3n) is 2.95. The minimum Gasteiger partial charge on any atom is -0.342 e. The van der Waals surface area contributed by atoms with E-state index < -0.39 is 12.3 Å². The summed E-state index contributed by atoms with van der Waals surface area (Å²) >= 11 is 1.61. The van der Waals surface area contributed by atoms with Gasteiger partial charge in [-0.2, -0.15) is 0 Å². The Balaban J connectivity index is 1.65. The molecule has 0 aromatic heterocycles. The summed E-state index contributed by atoms with van der Waals surface area (Å²) in [6.07, 6.45) is -1.89. The first kappa shape index (κ1) is 13.3. The minimum atomic E-state index is -2.30. The van der Waals surface area contributed by atoms with E-state index in [1.54, 1.807) is 11.8 Å². The first-order valence-electron chi connectivity index (χ1n) is 5.90. The maximum atomic E-state index is 12.2. The van der Waals surface area contributed by atoms with E-state index in [1.807, 2.05) is 30.3 Å². The van der Waals surface area contributed by atoms with Crippen molar-refractivity contribution in [2.75, 3.05) is 18.8 Å². The Labute approximate surface area is 109 Å². The van der Waals surface area contributed by atoms with E-state index in [0.717, 1.165) is 4.90 Å². The molecule has 0 spiro atoms. The zero-order chi connectivity index (χ0) is 13.0. The number of amides is 1. The number of halogens is 2. The number of hydrogen-bond acceptors (Lipinski definition) is 2. The molecule has 0 saturated carbocycles. The Kier molecular flexibility index (Phi) is 4.58. The van der Waals surface area contributed by atoms with Crippen LogP contribution in [0.15, 0.2) is 35.2 Å². The van der Waals surface area contributed by atoms with E-state index in [-0.39, 0.29) is 19.0 Å². The Hall–Kier alpha value is -1.10. The van der Waals surface area contributed by atoms with Gasteiger partial charge in [-0.1, -0.05) is 18.2 Å². The standard InChI is InChI=1S/C13H15F2NOS/c14-13(15)10-8-16(9-10)12(17)6-7-18-11-4-2-1-3-5-11/h1-5,10,13H,6-9H2. The van der Waals surface area contributed by atoms with Crippen LogP contribution >= 0.6 is 11.8 Å². The summed E-state index contributed by atoms with van der Waals surface area (Å²) in [5, 5.41) is 0. The van der Waals surface area contributed by atoms with Crippen molar-refractivity contribution < 1.29 is 13.6 Å². The zero-order valence-corrected chi connectivity index (χ0v) is 10.7. The van der Waals surface area contributed by atoms with Crippen molar-refractivity contribution in [2.24, 2.45) is 5.92 Å². The molecule has 2 rings (SSSR count). The largest absolute Gasteiger partial charge is 0.342 e. The molecule has 1 aliphatic heterocycles. The number of nitrogens with zero attached hydrogens (tertiary/aromatic N) is 1. The van der Waals surface area contributed by atoms with Crippen molar-refractivity contribution in [1.82, 2.24) is 4.90 Å². The van der Waals surface area contributed by atoms with Gasteiger partial charge >= 0.3 is 0 Å². The van der Waals surface area contributed by atoms with Gasteiger partial charge in [0, 0.05) is 30.2 Å². The third-order valence-corrected chi connectivity index (χ3v) is 3.96. The van der Waals surface area contributed by atoms with Gasteiger partial charge < -0.3 is 4.90 Å². The molecule has 1 aromatic rings. The van der Waals surface area contributed by atoms with Gasteiger partial charge in [-0.05, 0) is 12.1 Å². The molecule has 1 heterocycles. The number of carbonyl (C=O) groups excluding carboxylic acids is 1. The lowest BCUT2D eigenvalue weighted by Gasteiger charge is -2.38. The van der Waals surface area contributed by atoms with Gasteiger partial charge in [0.15, 0.2) is 0 Å². The summed E-state index contributed by atoms with van der Waals surface area (Å²) in [5.74, 6) is 0.0599. The van der Waals surface area contributed by atoms with Gasteiger partial charge in [0.1, 0.15) is 0 Å². The van der Waals surface area contributed by atoms with Crippen LogP contribution in [0.5, 0.6) is 0 Å². The number of alkyl halides is 2. The van der Waals surface area contributed by atoms with Crippen LogP contribution in [0, 0.1) is 5.92 Å². The van der Waals surface area contributed by atoms with Gasteiger partial charge in [-0.15, -0.1) is 11.8 Å². The van der Waals surface area contributed by atoms with Crippen LogP contribution in [0.1, 0.15) is 6.42 Å². The summed E-state index contributed by atoms with van der Waals surface area (Å²) in [7, 11) is 0. The fourth-order valence-electron chi connectivity index (χ4n) is 1.81. The molecular formula is C13H15F2NOS. The molecule has 98 valence electrons. The molecule has 0 radical (unpaired) electrons. The lowest BCUT2D eigenvalue weighted by molar-refractivity contribution is -0.141. The van der Waals surface area contributed by atoms with Crippen LogP contribution in [0.3, 0.4) is 0 Å². The predicted octanol–water partition coefficient (Wildman–Crippen LogP) is 2.89. The molecule has 0 atom stereocenters. The molecule has 0 unspecified atom stereocenters. The molecule has 1 saturated heterocycles. The lowest BCUT2D eigenvalue weighted by atomic mass is 10.0. The maximum Gasteiger partial charge on any atom is 0.244 e. The lowest BCUT2D eigenvalue weighted by Crippen LogP contribution is -2.52. The SMILES string of the molecule is O=C(CCSc1ccccc1)N1CC(C(F)F)C1. The van der Waals surface area contributed by atoms with Gasteiger partial charge in [-0.25, -0.2) is 8.78 Å². The van der Waals surface area contributed by atoms with Crippen molar-refractivity contribution in [1.29, 1.82) is 0 Å². The second kappa shape index (κ2) is 6.18. The van der Waals surface area contributed by atoms with Crippen LogP contribution in [0.2, 0.25) is 0 Å². The first-order valence-corrected chi connectivity index (χ1v) is 6.89. The number of benzene rings is 1. The summed E-state index contributed by atoms with van der Waals surface area (Å²) in [6.45, 7) is 0.430. The molecule has 2 nitrogen and oxygen atoms in total. The fraction of sp³-hybridized carbons (Fsp3) is 0.462. The van der Waals surface area contributed by atoms with E-state index in [2.05, 4.69) is 0 Å². The number of likely N-dealkylation sites (tertiary alicyclic amines) is 1. The topological polar surface area (TPSA) is 20.3 Å². The molecule has 18 heavy (non-hydrogen) atoms. The molecule has 0 aliphatic carbocycles. The van der Waals surface area contributed by atoms with Gasteiger partial charge in [0.05, 0.1) is 5.92 Å². The molecule has 1 amide bonds. The van der Waals surface area contributed by atoms with Crippen molar-refractivity contribution in [3.05, 3.63) is 30.3 Å². The van der Waals surface area contributed by atoms with Gasteiger partial charge in [0.2, 0.25) is 12.3 Å². The Morgan fingerprint density at radius 2 is 2.00 bits per heavy atom. The van der Waals surface area contributed by atoms with Crippen molar-refractivity contribution in [3.8, 4) is 0 Å². The minimum absolute atomic E-state index is 0.0182. The maximum absolute atomic E-state index is 12.2. The summed E-state index contributed by atoms with van der Waals surface area (Å²) < 4.78 is 24.5. The number of thioether (sulfide) groups is 1. The molecule has 1 aliphatic rings.